The molecule has 0 saturated carbocycles. The Hall–Kier alpha value is -1.75. The highest BCUT2D eigenvalue weighted by Gasteiger charge is 2.16. The maximum Gasteiger partial charge on any atom is 0.314 e. The van der Waals surface area contributed by atoms with E-state index < -0.39 is 11.8 Å². The number of carbonyl (C=O) groups is 2. The summed E-state index contributed by atoms with van der Waals surface area (Å²) in [5, 5.41) is 5.71. The van der Waals surface area contributed by atoms with Crippen LogP contribution in [0.2, 0.25) is 15.1 Å². The molecule has 0 spiro atoms. The average molecular weight is 344 g/mol. The number of hydrogen-bond acceptors (Lipinski definition) is 2. The number of rotatable bonds is 2. The Balaban J connectivity index is 2.06. The second-order valence-corrected chi connectivity index (χ2v) is 5.24. The molecular formula is C14H9Cl3N2O2. The van der Waals surface area contributed by atoms with Gasteiger partial charge in [-0.25, -0.2) is 0 Å². The Morgan fingerprint density at radius 1 is 0.857 bits per heavy atom. The van der Waals surface area contributed by atoms with Gasteiger partial charge >= 0.3 is 11.8 Å². The second kappa shape index (κ2) is 6.80. The first kappa shape index (κ1) is 15.6. The van der Waals surface area contributed by atoms with Crippen molar-refractivity contribution in [1.82, 2.24) is 0 Å². The fourth-order valence-corrected chi connectivity index (χ4v) is 2.07. The molecule has 0 fully saturated rings. The molecule has 0 aliphatic carbocycles. The van der Waals surface area contributed by atoms with E-state index in [2.05, 4.69) is 10.6 Å². The molecule has 2 amide bonds. The van der Waals surface area contributed by atoms with Gasteiger partial charge in [0.15, 0.2) is 0 Å². The summed E-state index contributed by atoms with van der Waals surface area (Å²) >= 11 is 17.5. The molecule has 7 heteroatoms. The number of hydrogen-bond donors (Lipinski definition) is 2. The number of nitrogens with one attached hydrogen (secondary N) is 2. The Kier molecular flexibility index (Phi) is 5.07. The standard InChI is InChI=1S/C14H9Cl3N2O2/c15-8-3-1-4-9(7-8)18-13(20)14(21)19-11-6-2-5-10(16)12(11)17/h1-7H,(H,18,20)(H,19,21). The fourth-order valence-electron chi connectivity index (χ4n) is 1.53. The summed E-state index contributed by atoms with van der Waals surface area (Å²) in [6, 6.07) is 11.2. The Labute approximate surface area is 136 Å². The molecule has 0 saturated heterocycles. The lowest BCUT2D eigenvalue weighted by Gasteiger charge is -2.08. The first-order valence-corrected chi connectivity index (χ1v) is 6.92. The summed E-state index contributed by atoms with van der Waals surface area (Å²) < 4.78 is 0. The van der Waals surface area contributed by atoms with Gasteiger partial charge in [-0.05, 0) is 30.3 Å². The van der Waals surface area contributed by atoms with E-state index in [9.17, 15) is 9.59 Å². The summed E-state index contributed by atoms with van der Waals surface area (Å²) in [4.78, 5) is 23.6. The van der Waals surface area contributed by atoms with Crippen LogP contribution in [0.3, 0.4) is 0 Å². The van der Waals surface area contributed by atoms with E-state index in [-0.39, 0.29) is 15.7 Å². The summed E-state index contributed by atoms with van der Waals surface area (Å²) in [5.74, 6) is -1.70. The van der Waals surface area contributed by atoms with Gasteiger partial charge < -0.3 is 10.6 Å². The quantitative estimate of drug-likeness (QED) is 0.802. The van der Waals surface area contributed by atoms with Crippen LogP contribution < -0.4 is 10.6 Å². The summed E-state index contributed by atoms with van der Waals surface area (Å²) in [5.41, 5.74) is 0.676. The highest BCUT2D eigenvalue weighted by atomic mass is 35.5. The van der Waals surface area contributed by atoms with Crippen molar-refractivity contribution in [3.8, 4) is 0 Å². The van der Waals surface area contributed by atoms with Gasteiger partial charge in [0.1, 0.15) is 0 Å². The molecule has 2 aromatic carbocycles. The van der Waals surface area contributed by atoms with Crippen molar-refractivity contribution in [2.24, 2.45) is 0 Å². The van der Waals surface area contributed by atoms with Crippen LogP contribution in [0.15, 0.2) is 42.5 Å². The van der Waals surface area contributed by atoms with Crippen molar-refractivity contribution in [2.45, 2.75) is 0 Å². The van der Waals surface area contributed by atoms with Crippen LogP contribution in [-0.2, 0) is 9.59 Å². The second-order valence-electron chi connectivity index (χ2n) is 4.02. The van der Waals surface area contributed by atoms with Crippen LogP contribution in [0, 0.1) is 0 Å². The molecule has 0 aliphatic heterocycles. The number of amides is 2. The van der Waals surface area contributed by atoms with E-state index >= 15 is 0 Å². The highest BCUT2D eigenvalue weighted by Crippen LogP contribution is 2.29. The number of carbonyl (C=O) groups excluding carboxylic acids is 2. The van der Waals surface area contributed by atoms with Crippen molar-refractivity contribution in [3.05, 3.63) is 57.5 Å². The van der Waals surface area contributed by atoms with E-state index in [0.29, 0.717) is 10.7 Å². The molecule has 4 nitrogen and oxygen atoms in total. The van der Waals surface area contributed by atoms with Gasteiger partial charge in [0.05, 0.1) is 15.7 Å². The van der Waals surface area contributed by atoms with E-state index in [1.807, 2.05) is 0 Å². The van der Waals surface area contributed by atoms with Crippen LogP contribution >= 0.6 is 34.8 Å². The molecule has 0 heterocycles. The number of anilines is 2. The van der Waals surface area contributed by atoms with E-state index in [1.165, 1.54) is 6.07 Å². The van der Waals surface area contributed by atoms with Gasteiger partial charge in [-0.2, -0.15) is 0 Å². The van der Waals surface area contributed by atoms with E-state index in [4.69, 9.17) is 34.8 Å². The lowest BCUT2D eigenvalue weighted by molar-refractivity contribution is -0.132. The zero-order valence-corrected chi connectivity index (χ0v) is 12.8. The molecular weight excluding hydrogens is 335 g/mol. The van der Waals surface area contributed by atoms with Gasteiger partial charge in [-0.15, -0.1) is 0 Å². The minimum absolute atomic E-state index is 0.170. The lowest BCUT2D eigenvalue weighted by Crippen LogP contribution is -2.29. The predicted octanol–water partition coefficient (Wildman–Crippen LogP) is 4.22. The molecule has 2 rings (SSSR count). The molecule has 2 aromatic rings. The van der Waals surface area contributed by atoms with Gasteiger partial charge in [0.2, 0.25) is 0 Å². The molecule has 2 N–H and O–H groups in total. The van der Waals surface area contributed by atoms with E-state index in [0.717, 1.165) is 0 Å². The van der Waals surface area contributed by atoms with Crippen LogP contribution in [0.1, 0.15) is 0 Å². The normalized spacial score (nSPS) is 10.0. The number of halogens is 3. The van der Waals surface area contributed by atoms with Crippen molar-refractivity contribution in [2.75, 3.05) is 10.6 Å². The van der Waals surface area contributed by atoms with Crippen LogP contribution in [-0.4, -0.2) is 11.8 Å². The van der Waals surface area contributed by atoms with Crippen LogP contribution in [0.4, 0.5) is 11.4 Å². The molecule has 21 heavy (non-hydrogen) atoms. The minimum Gasteiger partial charge on any atom is -0.318 e. The molecule has 0 atom stereocenters. The average Bonchev–Trinajstić information content (AvgIpc) is 2.44. The van der Waals surface area contributed by atoms with Crippen molar-refractivity contribution >= 4 is 58.0 Å². The summed E-state index contributed by atoms with van der Waals surface area (Å²) in [7, 11) is 0. The largest absolute Gasteiger partial charge is 0.318 e. The van der Waals surface area contributed by atoms with Crippen LogP contribution in [0.5, 0.6) is 0 Å². The van der Waals surface area contributed by atoms with Crippen molar-refractivity contribution in [1.29, 1.82) is 0 Å². The maximum absolute atomic E-state index is 11.8. The summed E-state index contributed by atoms with van der Waals surface area (Å²) in [6.07, 6.45) is 0. The molecule has 108 valence electrons. The monoisotopic (exact) mass is 342 g/mol. The molecule has 0 bridgehead atoms. The molecule has 0 unspecified atom stereocenters. The Morgan fingerprint density at radius 3 is 2.24 bits per heavy atom. The highest BCUT2D eigenvalue weighted by molar-refractivity contribution is 6.47. The van der Waals surface area contributed by atoms with Crippen molar-refractivity contribution in [3.63, 3.8) is 0 Å². The minimum atomic E-state index is -0.862. The van der Waals surface area contributed by atoms with Crippen LogP contribution in [0.25, 0.3) is 0 Å². The third-order valence-electron chi connectivity index (χ3n) is 2.49. The van der Waals surface area contributed by atoms with Gasteiger partial charge in [0.25, 0.3) is 0 Å². The first-order valence-electron chi connectivity index (χ1n) is 5.79. The third kappa shape index (κ3) is 4.11. The predicted molar refractivity (Wildman–Crippen MR) is 85.2 cm³/mol. The topological polar surface area (TPSA) is 58.2 Å². The SMILES string of the molecule is O=C(Nc1cccc(Cl)c1)C(=O)Nc1cccc(Cl)c1Cl. The van der Waals surface area contributed by atoms with Crippen molar-refractivity contribution < 1.29 is 9.59 Å². The summed E-state index contributed by atoms with van der Waals surface area (Å²) in [6.45, 7) is 0. The Bertz CT molecular complexity index is 704. The molecule has 0 radical (unpaired) electrons. The lowest BCUT2D eigenvalue weighted by atomic mass is 10.3. The smallest absolute Gasteiger partial charge is 0.314 e. The van der Waals surface area contributed by atoms with E-state index in [1.54, 1.807) is 36.4 Å². The molecule has 0 aliphatic rings. The Morgan fingerprint density at radius 2 is 1.52 bits per heavy atom. The first-order chi connectivity index (χ1) is 9.97. The maximum atomic E-state index is 11.8. The zero-order chi connectivity index (χ0) is 15.4. The van der Waals surface area contributed by atoms with Gasteiger partial charge in [-0.1, -0.05) is 46.9 Å². The third-order valence-corrected chi connectivity index (χ3v) is 3.54. The van der Waals surface area contributed by atoms with Gasteiger partial charge in [-0.3, -0.25) is 9.59 Å². The zero-order valence-electron chi connectivity index (χ0n) is 10.5. The molecule has 0 aromatic heterocycles. The number of benzene rings is 2. The fraction of sp³-hybridized carbons (Fsp3) is 0. The van der Waals surface area contributed by atoms with Gasteiger partial charge in [0, 0.05) is 10.7 Å².